The second-order valence-corrected chi connectivity index (χ2v) is 5.93. The van der Waals surface area contributed by atoms with E-state index in [0.29, 0.717) is 6.04 Å². The van der Waals surface area contributed by atoms with Gasteiger partial charge in [0.15, 0.2) is 0 Å². The Labute approximate surface area is 102 Å². The van der Waals surface area contributed by atoms with Crippen molar-refractivity contribution in [3.05, 3.63) is 11.9 Å². The van der Waals surface area contributed by atoms with Crippen molar-refractivity contribution in [1.82, 2.24) is 9.55 Å². The molecule has 0 saturated heterocycles. The highest BCUT2D eigenvalue weighted by Gasteiger charge is 2.22. The summed E-state index contributed by atoms with van der Waals surface area (Å²) in [5.74, 6) is 1.06. The van der Waals surface area contributed by atoms with Crippen LogP contribution in [-0.4, -0.2) is 27.1 Å². The Kier molecular flexibility index (Phi) is 3.79. The van der Waals surface area contributed by atoms with E-state index >= 15 is 0 Å². The molecule has 90 valence electrons. The third-order valence-corrected chi connectivity index (χ3v) is 4.03. The summed E-state index contributed by atoms with van der Waals surface area (Å²) >= 11 is 1.93. The fourth-order valence-corrected chi connectivity index (χ4v) is 2.02. The number of nitrogens with one attached hydrogen (secondary N) is 1. The molecule has 1 N–H and O–H groups in total. The molecule has 1 unspecified atom stereocenters. The highest BCUT2D eigenvalue weighted by atomic mass is 32.2. The summed E-state index contributed by atoms with van der Waals surface area (Å²) in [5.41, 5.74) is 1.11. The molecule has 1 aliphatic rings. The zero-order chi connectivity index (χ0) is 11.5. The lowest BCUT2D eigenvalue weighted by Crippen LogP contribution is -2.11. The molecule has 0 bridgehead atoms. The van der Waals surface area contributed by atoms with Gasteiger partial charge < -0.3 is 9.88 Å². The molecule has 3 nitrogen and oxygen atoms in total. The lowest BCUT2D eigenvalue weighted by Gasteiger charge is -2.11. The largest absolute Gasteiger partial charge is 0.353 e. The van der Waals surface area contributed by atoms with Crippen LogP contribution in [0, 0.1) is 6.92 Å². The van der Waals surface area contributed by atoms with E-state index < -0.39 is 0 Å². The average molecular weight is 239 g/mol. The van der Waals surface area contributed by atoms with Gasteiger partial charge in [-0.25, -0.2) is 4.98 Å². The number of aryl methyl sites for hydroxylation is 2. The first-order chi connectivity index (χ1) is 7.69. The standard InChI is InChI=1S/C12H21N3S/c1-9-8-15(7-6-10(2)16-3)12(13-9)14-11-4-5-11/h8,10-11H,4-7H2,1-3H3,(H,13,14). The highest BCUT2D eigenvalue weighted by molar-refractivity contribution is 7.99. The van der Waals surface area contributed by atoms with Gasteiger partial charge in [0.2, 0.25) is 5.95 Å². The Bertz CT molecular complexity index is 344. The Morgan fingerprint density at radius 1 is 1.62 bits per heavy atom. The van der Waals surface area contributed by atoms with E-state index in [1.807, 2.05) is 11.8 Å². The molecule has 0 radical (unpaired) electrons. The molecule has 1 atom stereocenters. The average Bonchev–Trinajstić information content (AvgIpc) is 2.99. The van der Waals surface area contributed by atoms with Gasteiger partial charge in [-0.1, -0.05) is 6.92 Å². The van der Waals surface area contributed by atoms with Crippen molar-refractivity contribution in [1.29, 1.82) is 0 Å². The van der Waals surface area contributed by atoms with Crippen molar-refractivity contribution < 1.29 is 0 Å². The summed E-state index contributed by atoms with van der Waals surface area (Å²) in [7, 11) is 0. The normalized spacial score (nSPS) is 17.4. The van der Waals surface area contributed by atoms with E-state index in [2.05, 4.69) is 41.2 Å². The van der Waals surface area contributed by atoms with Crippen molar-refractivity contribution in [2.75, 3.05) is 11.6 Å². The minimum atomic E-state index is 0.679. The minimum absolute atomic E-state index is 0.679. The molecule has 1 fully saturated rings. The fraction of sp³-hybridized carbons (Fsp3) is 0.750. The topological polar surface area (TPSA) is 29.9 Å². The lowest BCUT2D eigenvalue weighted by atomic mass is 10.3. The first-order valence-electron chi connectivity index (χ1n) is 6.02. The maximum atomic E-state index is 4.54. The minimum Gasteiger partial charge on any atom is -0.353 e. The van der Waals surface area contributed by atoms with Crippen LogP contribution in [0.15, 0.2) is 6.20 Å². The molecule has 2 rings (SSSR count). The molecule has 0 aromatic carbocycles. The fourth-order valence-electron chi connectivity index (χ4n) is 1.68. The van der Waals surface area contributed by atoms with Gasteiger partial charge in [0, 0.05) is 24.0 Å². The number of hydrogen-bond acceptors (Lipinski definition) is 3. The lowest BCUT2D eigenvalue weighted by molar-refractivity contribution is 0.643. The van der Waals surface area contributed by atoms with Gasteiger partial charge in [0.05, 0.1) is 5.69 Å². The number of anilines is 1. The SMILES string of the molecule is CSC(C)CCn1cc(C)nc1NC1CC1. The first kappa shape index (κ1) is 11.8. The summed E-state index contributed by atoms with van der Waals surface area (Å²) in [6.07, 6.45) is 8.13. The maximum absolute atomic E-state index is 4.54. The zero-order valence-electron chi connectivity index (χ0n) is 10.4. The molecular formula is C12H21N3S. The van der Waals surface area contributed by atoms with E-state index in [4.69, 9.17) is 0 Å². The summed E-state index contributed by atoms with van der Waals surface area (Å²) in [4.78, 5) is 4.54. The molecule has 1 saturated carbocycles. The van der Waals surface area contributed by atoms with E-state index in [9.17, 15) is 0 Å². The van der Waals surface area contributed by atoms with Gasteiger partial charge in [-0.05, 0) is 32.4 Å². The van der Waals surface area contributed by atoms with Crippen molar-refractivity contribution in [3.63, 3.8) is 0 Å². The molecule has 1 aromatic heterocycles. The third-order valence-electron chi connectivity index (χ3n) is 2.99. The van der Waals surface area contributed by atoms with Gasteiger partial charge in [-0.3, -0.25) is 0 Å². The van der Waals surface area contributed by atoms with E-state index in [-0.39, 0.29) is 0 Å². The molecule has 0 amide bonds. The van der Waals surface area contributed by atoms with E-state index in [1.165, 1.54) is 19.3 Å². The van der Waals surface area contributed by atoms with Crippen LogP contribution in [0.3, 0.4) is 0 Å². The predicted octanol–water partition coefficient (Wildman–Crippen LogP) is 2.91. The van der Waals surface area contributed by atoms with Crippen LogP contribution in [0.1, 0.15) is 31.9 Å². The van der Waals surface area contributed by atoms with Gasteiger partial charge in [-0.2, -0.15) is 11.8 Å². The first-order valence-corrected chi connectivity index (χ1v) is 7.31. The monoisotopic (exact) mass is 239 g/mol. The number of rotatable bonds is 6. The second-order valence-electron chi connectivity index (χ2n) is 4.65. The maximum Gasteiger partial charge on any atom is 0.203 e. The molecule has 1 heterocycles. The smallest absolute Gasteiger partial charge is 0.203 e. The molecule has 1 aromatic rings. The summed E-state index contributed by atoms with van der Waals surface area (Å²) in [6, 6.07) is 0.679. The van der Waals surface area contributed by atoms with Crippen LogP contribution in [0.4, 0.5) is 5.95 Å². The summed E-state index contributed by atoms with van der Waals surface area (Å²) in [6.45, 7) is 5.41. The molecule has 0 aliphatic heterocycles. The van der Waals surface area contributed by atoms with Gasteiger partial charge >= 0.3 is 0 Å². The number of imidazole rings is 1. The van der Waals surface area contributed by atoms with Gasteiger partial charge in [-0.15, -0.1) is 0 Å². The summed E-state index contributed by atoms with van der Waals surface area (Å²) < 4.78 is 2.26. The molecular weight excluding hydrogens is 218 g/mol. The zero-order valence-corrected chi connectivity index (χ0v) is 11.2. The van der Waals surface area contributed by atoms with Crippen LogP contribution in [0.2, 0.25) is 0 Å². The van der Waals surface area contributed by atoms with Crippen molar-refractivity contribution in [2.24, 2.45) is 0 Å². The van der Waals surface area contributed by atoms with Gasteiger partial charge in [0.25, 0.3) is 0 Å². The third kappa shape index (κ3) is 3.17. The molecule has 4 heteroatoms. The van der Waals surface area contributed by atoms with E-state index in [1.54, 1.807) is 0 Å². The Balaban J connectivity index is 1.95. The van der Waals surface area contributed by atoms with Crippen LogP contribution >= 0.6 is 11.8 Å². The van der Waals surface area contributed by atoms with Crippen LogP contribution in [-0.2, 0) is 6.54 Å². The molecule has 1 aliphatic carbocycles. The Morgan fingerprint density at radius 3 is 3.00 bits per heavy atom. The number of thioether (sulfide) groups is 1. The van der Waals surface area contributed by atoms with Crippen molar-refractivity contribution in [2.45, 2.75) is 50.9 Å². The quantitative estimate of drug-likeness (QED) is 0.828. The second kappa shape index (κ2) is 5.13. The van der Waals surface area contributed by atoms with Crippen LogP contribution < -0.4 is 5.32 Å². The predicted molar refractivity (Wildman–Crippen MR) is 71.2 cm³/mol. The van der Waals surface area contributed by atoms with Crippen molar-refractivity contribution in [3.8, 4) is 0 Å². The Hall–Kier alpha value is -0.640. The molecule has 0 spiro atoms. The van der Waals surface area contributed by atoms with Crippen LogP contribution in [0.25, 0.3) is 0 Å². The highest BCUT2D eigenvalue weighted by Crippen LogP contribution is 2.24. The Morgan fingerprint density at radius 2 is 2.38 bits per heavy atom. The van der Waals surface area contributed by atoms with Crippen LogP contribution in [0.5, 0.6) is 0 Å². The molecule has 16 heavy (non-hydrogen) atoms. The van der Waals surface area contributed by atoms with Gasteiger partial charge in [0.1, 0.15) is 0 Å². The summed E-state index contributed by atoms with van der Waals surface area (Å²) in [5, 5.41) is 4.21. The number of nitrogens with zero attached hydrogens (tertiary/aromatic N) is 2. The van der Waals surface area contributed by atoms with Crippen molar-refractivity contribution >= 4 is 17.7 Å². The number of aromatic nitrogens is 2. The number of hydrogen-bond donors (Lipinski definition) is 1. The van der Waals surface area contributed by atoms with E-state index in [0.717, 1.165) is 23.4 Å².